The second-order valence-corrected chi connectivity index (χ2v) is 6.11. The lowest BCUT2D eigenvalue weighted by molar-refractivity contribution is 0.0944. The van der Waals surface area contributed by atoms with Gasteiger partial charge in [0.25, 0.3) is 5.91 Å². The van der Waals surface area contributed by atoms with Gasteiger partial charge in [-0.25, -0.2) is 4.39 Å². The normalized spacial score (nSPS) is 10.8. The Bertz CT molecular complexity index is 931. The summed E-state index contributed by atoms with van der Waals surface area (Å²) in [4.78, 5) is 12.1. The summed E-state index contributed by atoms with van der Waals surface area (Å²) in [6.45, 7) is 4.52. The molecule has 1 aromatic carbocycles. The predicted molar refractivity (Wildman–Crippen MR) is 96.8 cm³/mol. The Morgan fingerprint density at radius 2 is 2.07 bits per heavy atom. The molecule has 0 spiro atoms. The van der Waals surface area contributed by atoms with E-state index in [1.165, 1.54) is 16.8 Å². The van der Waals surface area contributed by atoms with E-state index in [0.717, 1.165) is 17.5 Å². The molecular formula is C19H21FN4O3. The summed E-state index contributed by atoms with van der Waals surface area (Å²) in [5, 5.41) is 11.1. The van der Waals surface area contributed by atoms with Gasteiger partial charge in [-0.3, -0.25) is 9.48 Å². The molecule has 0 radical (unpaired) electrons. The van der Waals surface area contributed by atoms with E-state index in [-0.39, 0.29) is 18.3 Å². The number of nitrogens with one attached hydrogen (secondary N) is 1. The number of rotatable bonds is 7. The van der Waals surface area contributed by atoms with Crippen LogP contribution in [0.25, 0.3) is 11.3 Å². The van der Waals surface area contributed by atoms with Crippen molar-refractivity contribution in [2.75, 3.05) is 6.54 Å². The average molecular weight is 372 g/mol. The van der Waals surface area contributed by atoms with Crippen molar-refractivity contribution in [3.63, 3.8) is 0 Å². The van der Waals surface area contributed by atoms with Gasteiger partial charge < -0.3 is 14.6 Å². The van der Waals surface area contributed by atoms with Gasteiger partial charge in [-0.2, -0.15) is 0 Å². The van der Waals surface area contributed by atoms with Crippen LogP contribution in [0.2, 0.25) is 0 Å². The Morgan fingerprint density at radius 3 is 2.78 bits per heavy atom. The summed E-state index contributed by atoms with van der Waals surface area (Å²) in [7, 11) is 1.68. The minimum absolute atomic E-state index is 0.162. The van der Waals surface area contributed by atoms with Crippen molar-refractivity contribution in [2.24, 2.45) is 7.05 Å². The first-order valence-electron chi connectivity index (χ1n) is 8.65. The summed E-state index contributed by atoms with van der Waals surface area (Å²) < 4.78 is 25.6. The van der Waals surface area contributed by atoms with Crippen LogP contribution in [0.4, 0.5) is 4.39 Å². The first kappa shape index (κ1) is 18.6. The van der Waals surface area contributed by atoms with Gasteiger partial charge in [-0.15, -0.1) is 5.10 Å². The Labute approximate surface area is 156 Å². The molecule has 1 amide bonds. The van der Waals surface area contributed by atoms with E-state index < -0.39 is 0 Å². The molecule has 0 unspecified atom stereocenters. The number of aromatic nitrogens is 3. The van der Waals surface area contributed by atoms with Gasteiger partial charge >= 0.3 is 0 Å². The smallest absolute Gasteiger partial charge is 0.269 e. The first-order chi connectivity index (χ1) is 13.0. The molecule has 142 valence electrons. The number of hydrogen-bond acceptors (Lipinski definition) is 5. The molecule has 0 saturated carbocycles. The Kier molecular flexibility index (Phi) is 5.54. The molecule has 0 aliphatic rings. The van der Waals surface area contributed by atoms with Crippen LogP contribution in [0, 0.1) is 12.7 Å². The summed E-state index contributed by atoms with van der Waals surface area (Å²) in [6, 6.07) is 7.58. The van der Waals surface area contributed by atoms with Crippen LogP contribution in [0.5, 0.6) is 5.88 Å². The summed E-state index contributed by atoms with van der Waals surface area (Å²) in [5.41, 5.74) is 2.47. The topological polar surface area (TPSA) is 82.2 Å². The highest BCUT2D eigenvalue weighted by molar-refractivity contribution is 5.92. The minimum Gasteiger partial charge on any atom is -0.471 e. The zero-order valence-corrected chi connectivity index (χ0v) is 15.5. The third-order valence-corrected chi connectivity index (χ3v) is 4.09. The van der Waals surface area contributed by atoms with Gasteiger partial charge in [0.15, 0.2) is 0 Å². The lowest BCUT2D eigenvalue weighted by atomic mass is 10.1. The molecule has 0 fully saturated rings. The van der Waals surface area contributed by atoms with Crippen molar-refractivity contribution < 1.29 is 18.4 Å². The van der Waals surface area contributed by atoms with Gasteiger partial charge in [0.05, 0.1) is 5.56 Å². The van der Waals surface area contributed by atoms with Crippen molar-refractivity contribution in [1.82, 2.24) is 20.3 Å². The van der Waals surface area contributed by atoms with Crippen LogP contribution in [0.15, 0.2) is 34.9 Å². The fourth-order valence-corrected chi connectivity index (χ4v) is 2.59. The summed E-state index contributed by atoms with van der Waals surface area (Å²) in [6.07, 6.45) is 0.853. The molecule has 2 aromatic heterocycles. The van der Waals surface area contributed by atoms with Crippen molar-refractivity contribution in [3.05, 3.63) is 53.2 Å². The van der Waals surface area contributed by atoms with Crippen molar-refractivity contribution in [1.29, 1.82) is 0 Å². The van der Waals surface area contributed by atoms with Crippen LogP contribution < -0.4 is 10.1 Å². The molecule has 7 nitrogen and oxygen atoms in total. The number of carbonyl (C=O) groups excluding carboxylic acids is 1. The number of amides is 1. The quantitative estimate of drug-likeness (QED) is 0.688. The lowest BCUT2D eigenvalue weighted by Crippen LogP contribution is -2.26. The van der Waals surface area contributed by atoms with Crippen LogP contribution in [0.1, 0.15) is 35.2 Å². The Hall–Kier alpha value is -3.16. The highest BCUT2D eigenvalue weighted by Gasteiger charge is 2.18. The maximum absolute atomic E-state index is 13.1. The van der Waals surface area contributed by atoms with E-state index in [4.69, 9.17) is 9.26 Å². The van der Waals surface area contributed by atoms with E-state index in [1.807, 2.05) is 6.92 Å². The van der Waals surface area contributed by atoms with E-state index in [2.05, 4.69) is 15.6 Å². The third-order valence-electron chi connectivity index (χ3n) is 4.09. The van der Waals surface area contributed by atoms with Crippen LogP contribution >= 0.6 is 0 Å². The number of hydrogen-bond donors (Lipinski definition) is 1. The largest absolute Gasteiger partial charge is 0.471 e. The Morgan fingerprint density at radius 1 is 1.33 bits per heavy atom. The number of benzene rings is 1. The maximum Gasteiger partial charge on any atom is 0.269 e. The second-order valence-electron chi connectivity index (χ2n) is 6.11. The van der Waals surface area contributed by atoms with E-state index in [1.54, 1.807) is 32.2 Å². The number of carbonyl (C=O) groups is 1. The van der Waals surface area contributed by atoms with E-state index in [0.29, 0.717) is 29.6 Å². The van der Waals surface area contributed by atoms with Crippen LogP contribution in [-0.2, 0) is 13.7 Å². The highest BCUT2D eigenvalue weighted by Crippen LogP contribution is 2.26. The molecule has 0 saturated heterocycles. The molecule has 1 N–H and O–H groups in total. The monoisotopic (exact) mass is 372 g/mol. The standard InChI is InChI=1S/C19H21FN4O3/c1-4-9-21-19(25)16-10-17(22-24(16)3)26-11-15-12(2)27-23-18(15)13-5-7-14(20)8-6-13/h5-8,10H,4,9,11H2,1-3H3,(H,21,25). The van der Waals surface area contributed by atoms with Crippen LogP contribution in [0.3, 0.4) is 0 Å². The SMILES string of the molecule is CCCNC(=O)c1cc(OCc2c(-c3ccc(F)cc3)noc2C)nn1C. The fourth-order valence-electron chi connectivity index (χ4n) is 2.59. The zero-order valence-electron chi connectivity index (χ0n) is 15.5. The van der Waals surface area contributed by atoms with Crippen molar-refractivity contribution in [2.45, 2.75) is 26.9 Å². The molecular weight excluding hydrogens is 351 g/mol. The molecule has 3 rings (SSSR count). The molecule has 0 bridgehead atoms. The van der Waals surface area contributed by atoms with E-state index >= 15 is 0 Å². The molecule has 0 atom stereocenters. The molecule has 0 aliphatic carbocycles. The summed E-state index contributed by atoms with van der Waals surface area (Å²) >= 11 is 0. The average Bonchev–Trinajstić information content (AvgIpc) is 3.21. The molecule has 0 aliphatic heterocycles. The fraction of sp³-hybridized carbons (Fsp3) is 0.316. The Balaban J connectivity index is 1.75. The number of aryl methyl sites for hydroxylation is 2. The first-order valence-corrected chi connectivity index (χ1v) is 8.65. The number of nitrogens with zero attached hydrogens (tertiary/aromatic N) is 3. The maximum atomic E-state index is 13.1. The molecule has 2 heterocycles. The number of halogens is 1. The zero-order chi connectivity index (χ0) is 19.4. The van der Waals surface area contributed by atoms with Gasteiger partial charge in [0, 0.05) is 25.2 Å². The third kappa shape index (κ3) is 4.16. The second kappa shape index (κ2) is 8.03. The van der Waals surface area contributed by atoms with Gasteiger partial charge in [-0.05, 0) is 37.6 Å². The predicted octanol–water partition coefficient (Wildman–Crippen LogP) is 3.24. The minimum atomic E-state index is -0.320. The van der Waals surface area contributed by atoms with E-state index in [9.17, 15) is 9.18 Å². The molecule has 8 heteroatoms. The van der Waals surface area contributed by atoms with Gasteiger partial charge in [-0.1, -0.05) is 12.1 Å². The lowest BCUT2D eigenvalue weighted by Gasteiger charge is -2.04. The highest BCUT2D eigenvalue weighted by atomic mass is 19.1. The van der Waals surface area contributed by atoms with Crippen molar-refractivity contribution in [3.8, 4) is 17.1 Å². The number of ether oxygens (including phenoxy) is 1. The van der Waals surface area contributed by atoms with Gasteiger partial charge in [0.2, 0.25) is 5.88 Å². The molecule has 27 heavy (non-hydrogen) atoms. The van der Waals surface area contributed by atoms with Crippen LogP contribution in [-0.4, -0.2) is 27.4 Å². The van der Waals surface area contributed by atoms with Gasteiger partial charge in [0.1, 0.15) is 29.6 Å². The molecule has 3 aromatic rings. The summed E-state index contributed by atoms with van der Waals surface area (Å²) in [5.74, 6) is 0.407. The van der Waals surface area contributed by atoms with Crippen molar-refractivity contribution >= 4 is 5.91 Å².